The summed E-state index contributed by atoms with van der Waals surface area (Å²) >= 11 is 1.34. The van der Waals surface area contributed by atoms with Crippen molar-refractivity contribution in [3.8, 4) is 16.8 Å². The fraction of sp³-hybridized carbons (Fsp3) is 0.519. The normalized spacial score (nSPS) is 23.2. The van der Waals surface area contributed by atoms with E-state index in [1.165, 1.54) is 11.3 Å². The smallest absolute Gasteiger partial charge is 0.319 e. The van der Waals surface area contributed by atoms with Gasteiger partial charge in [0.15, 0.2) is 5.01 Å². The number of hydrogen-bond donors (Lipinski definition) is 1. The summed E-state index contributed by atoms with van der Waals surface area (Å²) in [6.45, 7) is 3.29. The van der Waals surface area contributed by atoms with Gasteiger partial charge in [-0.3, -0.25) is 4.40 Å². The second-order valence-corrected chi connectivity index (χ2v) is 14.2. The second-order valence-electron chi connectivity index (χ2n) is 11.5. The minimum absolute atomic E-state index is 0.0739. The van der Waals surface area contributed by atoms with Gasteiger partial charge in [0.1, 0.15) is 21.8 Å². The number of carbonyl (C=O) groups excluding carboxylic acids is 1. The summed E-state index contributed by atoms with van der Waals surface area (Å²) in [4.78, 5) is 20.6. The number of nitrogens with zero attached hydrogens (tertiary/aromatic N) is 7. The van der Waals surface area contributed by atoms with Crippen LogP contribution < -0.4 is 4.72 Å². The van der Waals surface area contributed by atoms with Crippen LogP contribution in [0.4, 0.5) is 4.79 Å². The predicted octanol–water partition coefficient (Wildman–Crippen LogP) is 2.88. The second kappa shape index (κ2) is 9.87. The topological polar surface area (TPSA) is 146 Å². The Hall–Kier alpha value is -3.38. The van der Waals surface area contributed by atoms with Crippen LogP contribution in [0.25, 0.3) is 21.9 Å². The number of imidazole rings is 1. The Balaban J connectivity index is 1.43. The fourth-order valence-electron chi connectivity index (χ4n) is 5.38. The van der Waals surface area contributed by atoms with E-state index in [4.69, 9.17) is 4.74 Å². The molecule has 0 saturated heterocycles. The molecule has 0 spiro atoms. The average Bonchev–Trinajstić information content (AvgIpc) is 3.71. The van der Waals surface area contributed by atoms with E-state index in [1.54, 1.807) is 53.9 Å². The van der Waals surface area contributed by atoms with Crippen LogP contribution in [0.5, 0.6) is 0 Å². The van der Waals surface area contributed by atoms with Gasteiger partial charge in [-0.25, -0.2) is 22.9 Å². The van der Waals surface area contributed by atoms with Crippen molar-refractivity contribution in [1.82, 2.24) is 34.1 Å². The van der Waals surface area contributed by atoms with Gasteiger partial charge in [-0.1, -0.05) is 17.4 Å². The quantitative estimate of drug-likeness (QED) is 0.418. The van der Waals surface area contributed by atoms with Crippen molar-refractivity contribution in [3.05, 3.63) is 35.1 Å². The van der Waals surface area contributed by atoms with E-state index in [1.807, 2.05) is 13.0 Å². The molecule has 2 atom stereocenters. The summed E-state index contributed by atoms with van der Waals surface area (Å²) in [7, 11) is 1.14. The Bertz CT molecular complexity index is 1720. The highest BCUT2D eigenvalue weighted by molar-refractivity contribution is 7.89. The van der Waals surface area contributed by atoms with Gasteiger partial charge >= 0.3 is 6.03 Å². The molecule has 3 aromatic heterocycles. The highest BCUT2D eigenvalue weighted by atomic mass is 32.2. The standard InChI is InChI=1S/C27H32N8O4S2/c1-26(12-18(26)15-39-4)32-41(37,38)19-11-20(17-5-9-34(10-6-17)25(36)33(2)3)22-29-13-21(35(22)14-19)23-30-31-24(40-23)27(16-28)7-8-27/h5,11,13-14,18,32H,6-10,12,15H2,1-4H3/t18-,26+/m0/s1. The van der Waals surface area contributed by atoms with Gasteiger partial charge in [0.2, 0.25) is 10.0 Å². The van der Waals surface area contributed by atoms with Gasteiger partial charge in [0.05, 0.1) is 23.8 Å². The lowest BCUT2D eigenvalue weighted by molar-refractivity contribution is 0.176. The van der Waals surface area contributed by atoms with Crippen molar-refractivity contribution in [2.24, 2.45) is 5.92 Å². The van der Waals surface area contributed by atoms with E-state index < -0.39 is 21.0 Å². The molecule has 216 valence electrons. The molecule has 2 aliphatic carbocycles. The fourth-order valence-corrected chi connectivity index (χ4v) is 7.93. The molecule has 12 nitrogen and oxygen atoms in total. The van der Waals surface area contributed by atoms with Crippen LogP contribution in [0, 0.1) is 17.2 Å². The molecule has 3 aliphatic rings. The SMILES string of the molecule is COC[C@@H]1C[C@@]1(C)NS(=O)(=O)c1cc(C2=CCN(C(=O)N(C)C)CC2)c2ncc(-c3nnc(C4(C#N)CC4)s3)n2c1. The first-order valence-electron chi connectivity index (χ1n) is 13.5. The molecule has 0 unspecified atom stereocenters. The molecule has 0 bridgehead atoms. The third-order valence-electron chi connectivity index (χ3n) is 8.26. The van der Waals surface area contributed by atoms with E-state index in [0.29, 0.717) is 59.5 Å². The monoisotopic (exact) mass is 596 g/mol. The summed E-state index contributed by atoms with van der Waals surface area (Å²) in [6.07, 6.45) is 7.96. The Morgan fingerprint density at radius 2 is 2.12 bits per heavy atom. The van der Waals surface area contributed by atoms with Gasteiger partial charge in [0.25, 0.3) is 0 Å². The lowest BCUT2D eigenvalue weighted by Crippen LogP contribution is -2.41. The van der Waals surface area contributed by atoms with Gasteiger partial charge in [-0.15, -0.1) is 10.2 Å². The maximum atomic E-state index is 13.8. The molecule has 2 fully saturated rings. The van der Waals surface area contributed by atoms with Crippen LogP contribution in [0.3, 0.4) is 0 Å². The van der Waals surface area contributed by atoms with E-state index in [9.17, 15) is 18.5 Å². The summed E-state index contributed by atoms with van der Waals surface area (Å²) in [6, 6.07) is 3.95. The molecular weight excluding hydrogens is 564 g/mol. The molecule has 1 N–H and O–H groups in total. The third kappa shape index (κ3) is 4.90. The van der Waals surface area contributed by atoms with Gasteiger partial charge in [0, 0.05) is 57.5 Å². The van der Waals surface area contributed by atoms with E-state index in [0.717, 1.165) is 18.4 Å². The summed E-state index contributed by atoms with van der Waals surface area (Å²) in [5, 5.41) is 19.5. The number of nitriles is 1. The number of pyridine rings is 1. The number of amides is 2. The molecule has 41 heavy (non-hydrogen) atoms. The Morgan fingerprint density at radius 1 is 1.34 bits per heavy atom. The first-order valence-corrected chi connectivity index (χ1v) is 15.8. The van der Waals surface area contributed by atoms with Crippen LogP contribution >= 0.6 is 11.3 Å². The van der Waals surface area contributed by atoms with Crippen LogP contribution in [-0.2, 0) is 20.2 Å². The molecule has 3 aromatic rings. The van der Waals surface area contributed by atoms with Crippen molar-refractivity contribution in [2.75, 3.05) is 40.9 Å². The Labute approximate surface area is 242 Å². The predicted molar refractivity (Wildman–Crippen MR) is 153 cm³/mol. The number of ether oxygens (including phenoxy) is 1. The maximum Gasteiger partial charge on any atom is 0.319 e. The molecular formula is C27H32N8O4S2. The number of fused-ring (bicyclic) bond motifs is 1. The highest BCUT2D eigenvalue weighted by Gasteiger charge is 2.52. The first-order chi connectivity index (χ1) is 19.5. The number of nitrogens with one attached hydrogen (secondary N) is 1. The van der Waals surface area contributed by atoms with E-state index >= 15 is 0 Å². The summed E-state index contributed by atoms with van der Waals surface area (Å²) in [5.74, 6) is 0.102. The molecule has 2 saturated carbocycles. The average molecular weight is 597 g/mol. The molecule has 0 aromatic carbocycles. The van der Waals surface area contributed by atoms with Crippen molar-refractivity contribution in [2.45, 2.75) is 48.5 Å². The number of urea groups is 1. The number of methoxy groups -OCH3 is 1. The Kier molecular flexibility index (Phi) is 6.68. The molecule has 1 aliphatic heterocycles. The number of aromatic nitrogens is 4. The number of carbonyl (C=O) groups is 1. The number of rotatable bonds is 8. The van der Waals surface area contributed by atoms with Crippen LogP contribution in [0.2, 0.25) is 0 Å². The van der Waals surface area contributed by atoms with Gasteiger partial charge in [-0.2, -0.15) is 5.26 Å². The number of hydrogen-bond acceptors (Lipinski definition) is 9. The van der Waals surface area contributed by atoms with Crippen LogP contribution in [0.15, 0.2) is 29.4 Å². The minimum atomic E-state index is -3.91. The van der Waals surface area contributed by atoms with E-state index in [-0.39, 0.29) is 16.8 Å². The third-order valence-corrected chi connectivity index (χ3v) is 11.0. The first kappa shape index (κ1) is 27.8. The maximum absolute atomic E-state index is 13.8. The molecule has 6 rings (SSSR count). The molecule has 2 amide bonds. The highest BCUT2D eigenvalue weighted by Crippen LogP contribution is 2.49. The zero-order chi connectivity index (χ0) is 29.2. The lowest BCUT2D eigenvalue weighted by Gasteiger charge is -2.29. The van der Waals surface area contributed by atoms with Crippen molar-refractivity contribution >= 4 is 38.6 Å². The molecule has 4 heterocycles. The lowest BCUT2D eigenvalue weighted by atomic mass is 10.0. The van der Waals surface area contributed by atoms with Crippen LogP contribution in [-0.4, -0.2) is 90.3 Å². The van der Waals surface area contributed by atoms with Crippen LogP contribution in [0.1, 0.15) is 43.2 Å². The number of sulfonamides is 1. The largest absolute Gasteiger partial charge is 0.384 e. The van der Waals surface area contributed by atoms with Crippen molar-refractivity contribution < 1.29 is 17.9 Å². The van der Waals surface area contributed by atoms with E-state index in [2.05, 4.69) is 26.0 Å². The van der Waals surface area contributed by atoms with Gasteiger partial charge < -0.3 is 14.5 Å². The zero-order valence-corrected chi connectivity index (χ0v) is 25.0. The summed E-state index contributed by atoms with van der Waals surface area (Å²) < 4.78 is 37.4. The van der Waals surface area contributed by atoms with Crippen molar-refractivity contribution in [1.29, 1.82) is 5.26 Å². The Morgan fingerprint density at radius 3 is 2.76 bits per heavy atom. The molecule has 0 radical (unpaired) electrons. The molecule has 14 heteroatoms. The van der Waals surface area contributed by atoms with Crippen molar-refractivity contribution in [3.63, 3.8) is 0 Å². The minimum Gasteiger partial charge on any atom is -0.384 e. The van der Waals surface area contributed by atoms with Gasteiger partial charge in [-0.05, 0) is 44.2 Å². The zero-order valence-electron chi connectivity index (χ0n) is 23.4. The summed E-state index contributed by atoms with van der Waals surface area (Å²) in [5.41, 5.74) is 1.65.